The van der Waals surface area contributed by atoms with Crippen molar-refractivity contribution in [2.45, 2.75) is 25.3 Å². The Morgan fingerprint density at radius 1 is 1.35 bits per heavy atom. The smallest absolute Gasteiger partial charge is 0.258 e. The number of hydrogen-bond acceptors (Lipinski definition) is 7. The Morgan fingerprint density at radius 3 is 2.77 bits per heavy atom. The molecule has 0 bridgehead atoms. The summed E-state index contributed by atoms with van der Waals surface area (Å²) in [7, 11) is 1.73. The lowest BCUT2D eigenvalue weighted by molar-refractivity contribution is 0.0598. The molecule has 1 amide bonds. The average Bonchev–Trinajstić information content (AvgIpc) is 3.32. The van der Waals surface area contributed by atoms with E-state index in [0.29, 0.717) is 12.2 Å². The number of rotatable bonds is 4. The molecule has 0 unspecified atom stereocenters. The van der Waals surface area contributed by atoms with Crippen LogP contribution >= 0.6 is 0 Å². The zero-order valence-corrected chi connectivity index (χ0v) is 14.9. The summed E-state index contributed by atoms with van der Waals surface area (Å²) in [5.74, 6) is 0.755. The Kier molecular flexibility index (Phi) is 4.58. The fourth-order valence-electron chi connectivity index (χ4n) is 4.22. The van der Waals surface area contributed by atoms with E-state index in [1.807, 2.05) is 11.0 Å². The summed E-state index contributed by atoms with van der Waals surface area (Å²) in [6, 6.07) is 2.10. The maximum absolute atomic E-state index is 12.5. The normalized spacial score (nSPS) is 22.1. The molecule has 0 aliphatic carbocycles. The zero-order chi connectivity index (χ0) is 18.0. The van der Waals surface area contributed by atoms with Gasteiger partial charge in [-0.3, -0.25) is 4.79 Å². The molecule has 1 spiro atoms. The van der Waals surface area contributed by atoms with E-state index in [2.05, 4.69) is 20.0 Å². The second-order valence-corrected chi connectivity index (χ2v) is 7.20. The van der Waals surface area contributed by atoms with Crippen LogP contribution in [0.1, 0.15) is 29.6 Å². The van der Waals surface area contributed by atoms with Gasteiger partial charge < -0.3 is 19.1 Å². The monoisotopic (exact) mass is 357 g/mol. The van der Waals surface area contributed by atoms with Crippen LogP contribution in [0.2, 0.25) is 0 Å². The van der Waals surface area contributed by atoms with Gasteiger partial charge in [0.25, 0.3) is 5.91 Å². The van der Waals surface area contributed by atoms with Gasteiger partial charge in [0.15, 0.2) is 0 Å². The van der Waals surface area contributed by atoms with E-state index < -0.39 is 0 Å². The maximum Gasteiger partial charge on any atom is 0.258 e. The SMILES string of the molecule is COC[C@H]1CC2(CCN(C(=O)c3cnoc3)CC2)CN1c1ncccn1. The molecule has 0 aromatic carbocycles. The Balaban J connectivity index is 1.46. The first-order chi connectivity index (χ1) is 12.7. The summed E-state index contributed by atoms with van der Waals surface area (Å²) < 4.78 is 10.2. The topological polar surface area (TPSA) is 84.6 Å². The number of carbonyl (C=O) groups is 1. The molecule has 2 saturated heterocycles. The predicted octanol–water partition coefficient (Wildman–Crippen LogP) is 1.61. The minimum Gasteiger partial charge on any atom is -0.383 e. The van der Waals surface area contributed by atoms with Crippen molar-refractivity contribution in [3.63, 3.8) is 0 Å². The van der Waals surface area contributed by atoms with Crippen molar-refractivity contribution in [2.75, 3.05) is 38.3 Å². The summed E-state index contributed by atoms with van der Waals surface area (Å²) >= 11 is 0. The van der Waals surface area contributed by atoms with Crippen LogP contribution < -0.4 is 4.90 Å². The van der Waals surface area contributed by atoms with Gasteiger partial charge in [0, 0.05) is 39.1 Å². The molecule has 4 rings (SSSR count). The van der Waals surface area contributed by atoms with Crippen molar-refractivity contribution in [3.05, 3.63) is 36.5 Å². The lowest BCUT2D eigenvalue weighted by atomic mass is 9.76. The van der Waals surface area contributed by atoms with Gasteiger partial charge in [-0.05, 0) is 30.7 Å². The second-order valence-electron chi connectivity index (χ2n) is 7.20. The number of aromatic nitrogens is 3. The molecule has 4 heterocycles. The van der Waals surface area contributed by atoms with Crippen LogP contribution in [0.4, 0.5) is 5.95 Å². The quantitative estimate of drug-likeness (QED) is 0.822. The molecular formula is C18H23N5O3. The van der Waals surface area contributed by atoms with Gasteiger partial charge in [-0.25, -0.2) is 9.97 Å². The molecule has 1 atom stereocenters. The first-order valence-corrected chi connectivity index (χ1v) is 8.92. The molecule has 2 fully saturated rings. The highest BCUT2D eigenvalue weighted by Crippen LogP contribution is 2.44. The van der Waals surface area contributed by atoms with E-state index in [1.165, 1.54) is 12.5 Å². The number of ether oxygens (including phenoxy) is 1. The third-order valence-electron chi connectivity index (χ3n) is 5.57. The summed E-state index contributed by atoms with van der Waals surface area (Å²) in [5, 5.41) is 3.63. The van der Waals surface area contributed by atoms with Gasteiger partial charge in [0.2, 0.25) is 5.95 Å². The van der Waals surface area contributed by atoms with Crippen LogP contribution in [-0.2, 0) is 4.74 Å². The molecule has 8 nitrogen and oxygen atoms in total. The average molecular weight is 357 g/mol. The van der Waals surface area contributed by atoms with E-state index in [9.17, 15) is 4.79 Å². The standard InChI is InChI=1S/C18H23N5O3/c1-25-12-15-9-18(13-23(15)17-19-5-2-6-20-17)3-7-22(8-4-18)16(24)14-10-21-26-11-14/h2,5-6,10-11,15H,3-4,7-9,12-13H2,1H3/t15-/m1/s1. The Labute approximate surface area is 152 Å². The number of likely N-dealkylation sites (tertiary alicyclic amines) is 1. The highest BCUT2D eigenvalue weighted by molar-refractivity contribution is 5.93. The lowest BCUT2D eigenvalue weighted by Gasteiger charge is -2.39. The van der Waals surface area contributed by atoms with E-state index in [4.69, 9.17) is 9.26 Å². The van der Waals surface area contributed by atoms with Crippen molar-refractivity contribution in [1.29, 1.82) is 0 Å². The first kappa shape index (κ1) is 17.0. The van der Waals surface area contributed by atoms with Gasteiger partial charge in [0.1, 0.15) is 6.26 Å². The molecule has 8 heteroatoms. The number of nitrogens with zero attached hydrogens (tertiary/aromatic N) is 5. The van der Waals surface area contributed by atoms with E-state index in [-0.39, 0.29) is 17.4 Å². The molecule has 2 aromatic rings. The van der Waals surface area contributed by atoms with Gasteiger partial charge in [-0.2, -0.15) is 0 Å². The first-order valence-electron chi connectivity index (χ1n) is 8.92. The third kappa shape index (κ3) is 3.16. The van der Waals surface area contributed by atoms with Crippen molar-refractivity contribution in [3.8, 4) is 0 Å². The van der Waals surface area contributed by atoms with Gasteiger partial charge in [-0.1, -0.05) is 5.16 Å². The Hall–Kier alpha value is -2.48. The summed E-state index contributed by atoms with van der Waals surface area (Å²) in [6.07, 6.45) is 9.40. The number of piperidine rings is 1. The number of anilines is 1. The largest absolute Gasteiger partial charge is 0.383 e. The fraction of sp³-hybridized carbons (Fsp3) is 0.556. The Bertz CT molecular complexity index is 729. The van der Waals surface area contributed by atoms with Crippen LogP contribution in [0.25, 0.3) is 0 Å². The van der Waals surface area contributed by atoms with E-state index in [1.54, 1.807) is 19.5 Å². The number of carbonyl (C=O) groups excluding carboxylic acids is 1. The minimum absolute atomic E-state index is 0.00390. The maximum atomic E-state index is 12.5. The minimum atomic E-state index is -0.00390. The molecule has 2 aromatic heterocycles. The van der Waals surface area contributed by atoms with Gasteiger partial charge in [-0.15, -0.1) is 0 Å². The van der Waals surface area contributed by atoms with Crippen LogP contribution in [0, 0.1) is 5.41 Å². The molecule has 26 heavy (non-hydrogen) atoms. The molecular weight excluding hydrogens is 334 g/mol. The highest BCUT2D eigenvalue weighted by Gasteiger charge is 2.46. The predicted molar refractivity (Wildman–Crippen MR) is 93.7 cm³/mol. The van der Waals surface area contributed by atoms with Crippen molar-refractivity contribution in [2.24, 2.45) is 5.41 Å². The number of methoxy groups -OCH3 is 1. The molecule has 2 aliphatic rings. The molecule has 2 aliphatic heterocycles. The van der Waals surface area contributed by atoms with Crippen molar-refractivity contribution in [1.82, 2.24) is 20.0 Å². The third-order valence-corrected chi connectivity index (χ3v) is 5.57. The highest BCUT2D eigenvalue weighted by atomic mass is 16.5. The summed E-state index contributed by atoms with van der Waals surface area (Å²) in [5.41, 5.74) is 0.692. The lowest BCUT2D eigenvalue weighted by Crippen LogP contribution is -2.44. The summed E-state index contributed by atoms with van der Waals surface area (Å²) in [4.78, 5) is 25.5. The Morgan fingerprint density at radius 2 is 2.12 bits per heavy atom. The zero-order valence-electron chi connectivity index (χ0n) is 14.9. The number of hydrogen-bond donors (Lipinski definition) is 0. The van der Waals surface area contributed by atoms with Crippen LogP contribution in [0.15, 0.2) is 35.4 Å². The molecule has 0 saturated carbocycles. The van der Waals surface area contributed by atoms with Crippen LogP contribution in [-0.4, -0.2) is 65.3 Å². The molecule has 0 radical (unpaired) electrons. The molecule has 0 N–H and O–H groups in total. The van der Waals surface area contributed by atoms with Crippen molar-refractivity contribution < 1.29 is 14.1 Å². The van der Waals surface area contributed by atoms with Crippen LogP contribution in [0.5, 0.6) is 0 Å². The van der Waals surface area contributed by atoms with Gasteiger partial charge in [0.05, 0.1) is 24.4 Å². The van der Waals surface area contributed by atoms with E-state index >= 15 is 0 Å². The van der Waals surface area contributed by atoms with Gasteiger partial charge >= 0.3 is 0 Å². The second kappa shape index (κ2) is 7.03. The van der Waals surface area contributed by atoms with Crippen LogP contribution in [0.3, 0.4) is 0 Å². The summed E-state index contributed by atoms with van der Waals surface area (Å²) in [6.45, 7) is 3.05. The molecule has 138 valence electrons. The van der Waals surface area contributed by atoms with E-state index in [0.717, 1.165) is 44.8 Å². The fourth-order valence-corrected chi connectivity index (χ4v) is 4.22. The number of amides is 1. The van der Waals surface area contributed by atoms with Crippen molar-refractivity contribution >= 4 is 11.9 Å².